The first kappa shape index (κ1) is 25.9. The Morgan fingerprint density at radius 3 is 2.62 bits per heavy atom. The SMILES string of the molecule is Cc1nc(NC2=NC=C(C(N)=O)[SH]2c2c(C)cccc2Cl)cc(N2CCN(CCO)CC2)n1.O. The fourth-order valence-electron chi connectivity index (χ4n) is 3.98. The zero-order valence-electron chi connectivity index (χ0n) is 19.1. The molecule has 0 spiro atoms. The van der Waals surface area contributed by atoms with Gasteiger partial charge in [-0.3, -0.25) is 9.69 Å². The topological polar surface area (TPSA) is 151 Å². The van der Waals surface area contributed by atoms with E-state index in [-0.39, 0.29) is 12.1 Å². The first-order chi connectivity index (χ1) is 15.9. The summed E-state index contributed by atoms with van der Waals surface area (Å²) in [5.41, 5.74) is 6.64. The molecule has 10 nitrogen and oxygen atoms in total. The van der Waals surface area contributed by atoms with Crippen molar-refractivity contribution in [3.8, 4) is 0 Å². The lowest BCUT2D eigenvalue weighted by molar-refractivity contribution is -0.113. The molecule has 2 aromatic rings. The number of aliphatic hydroxyl groups excluding tert-OH is 1. The van der Waals surface area contributed by atoms with Crippen molar-refractivity contribution in [1.82, 2.24) is 14.9 Å². The van der Waals surface area contributed by atoms with E-state index in [1.54, 1.807) is 0 Å². The molecule has 3 heterocycles. The maximum Gasteiger partial charge on any atom is 0.255 e. The molecule has 2 aliphatic heterocycles. The maximum absolute atomic E-state index is 12.2. The van der Waals surface area contributed by atoms with E-state index in [4.69, 9.17) is 22.4 Å². The van der Waals surface area contributed by atoms with Crippen LogP contribution in [0.1, 0.15) is 11.4 Å². The first-order valence-corrected chi connectivity index (χ1v) is 12.4. The van der Waals surface area contributed by atoms with E-state index in [0.29, 0.717) is 33.3 Å². The molecular formula is C22H30ClN7O3S. The number of anilines is 2. The number of piperazine rings is 1. The van der Waals surface area contributed by atoms with Gasteiger partial charge >= 0.3 is 0 Å². The molecule has 1 aromatic heterocycles. The number of rotatable bonds is 6. The van der Waals surface area contributed by atoms with E-state index in [0.717, 1.165) is 42.5 Å². The van der Waals surface area contributed by atoms with Gasteiger partial charge in [0.1, 0.15) is 17.5 Å². The Balaban J connectivity index is 0.00000324. The smallest absolute Gasteiger partial charge is 0.255 e. The highest BCUT2D eigenvalue weighted by Gasteiger charge is 2.30. The van der Waals surface area contributed by atoms with Gasteiger partial charge in [-0.05, 0) is 25.5 Å². The zero-order chi connectivity index (χ0) is 23.5. The molecule has 1 atom stereocenters. The summed E-state index contributed by atoms with van der Waals surface area (Å²) in [7, 11) is -1.33. The molecule has 2 aliphatic rings. The Kier molecular flexibility index (Phi) is 8.50. The maximum atomic E-state index is 12.2. The quantitative estimate of drug-likeness (QED) is 0.429. The van der Waals surface area contributed by atoms with Crippen LogP contribution in [-0.2, 0) is 4.79 Å². The van der Waals surface area contributed by atoms with Crippen LogP contribution in [0.2, 0.25) is 5.02 Å². The number of nitrogens with two attached hydrogens (primary N) is 1. The fraction of sp³-hybridized carbons (Fsp3) is 0.364. The van der Waals surface area contributed by atoms with Gasteiger partial charge in [0.2, 0.25) is 0 Å². The van der Waals surface area contributed by atoms with E-state index in [9.17, 15) is 4.79 Å². The monoisotopic (exact) mass is 507 g/mol. The number of carbonyl (C=O) groups is 1. The Bertz CT molecular complexity index is 1100. The number of aliphatic hydroxyl groups is 1. The summed E-state index contributed by atoms with van der Waals surface area (Å²) >= 11 is 6.54. The number of hydrogen-bond donors (Lipinski definition) is 4. The number of primary amides is 1. The highest BCUT2D eigenvalue weighted by Crippen LogP contribution is 2.52. The predicted molar refractivity (Wildman–Crippen MR) is 138 cm³/mol. The van der Waals surface area contributed by atoms with Gasteiger partial charge in [-0.1, -0.05) is 23.7 Å². The molecule has 6 N–H and O–H groups in total. The predicted octanol–water partition coefficient (Wildman–Crippen LogP) is 1.20. The number of nitrogens with zero attached hydrogens (tertiary/aromatic N) is 5. The number of β-amino-alcohol motifs (C(OH)–C–C–N with tert-alkyl or cyclic N) is 1. The van der Waals surface area contributed by atoms with Crippen molar-refractivity contribution in [2.24, 2.45) is 10.7 Å². The Hall–Kier alpha value is -2.70. The Labute approximate surface area is 206 Å². The second-order valence-corrected chi connectivity index (χ2v) is 10.3. The molecule has 4 rings (SSSR count). The molecular weight excluding hydrogens is 478 g/mol. The lowest BCUT2D eigenvalue weighted by Crippen LogP contribution is -2.47. The summed E-state index contributed by atoms with van der Waals surface area (Å²) in [6.45, 7) is 8.01. The zero-order valence-corrected chi connectivity index (χ0v) is 20.8. The number of benzene rings is 1. The minimum Gasteiger partial charge on any atom is -0.412 e. The van der Waals surface area contributed by atoms with Gasteiger partial charge in [-0.25, -0.2) is 15.0 Å². The van der Waals surface area contributed by atoms with Gasteiger partial charge in [-0.2, -0.15) is 0 Å². The van der Waals surface area contributed by atoms with Crippen molar-refractivity contribution >= 4 is 45.2 Å². The molecule has 1 aromatic carbocycles. The molecule has 0 saturated carbocycles. The van der Waals surface area contributed by atoms with Crippen molar-refractivity contribution in [3.63, 3.8) is 0 Å². The van der Waals surface area contributed by atoms with Gasteiger partial charge in [0.15, 0.2) is 5.17 Å². The molecule has 34 heavy (non-hydrogen) atoms. The van der Waals surface area contributed by atoms with Gasteiger partial charge < -0.3 is 26.5 Å². The molecule has 0 bridgehead atoms. The molecule has 1 saturated heterocycles. The van der Waals surface area contributed by atoms with Crippen LogP contribution in [-0.4, -0.2) is 75.9 Å². The molecule has 12 heteroatoms. The number of thiol groups is 1. The number of aromatic nitrogens is 2. The van der Waals surface area contributed by atoms with Gasteiger partial charge in [0.25, 0.3) is 5.91 Å². The van der Waals surface area contributed by atoms with Gasteiger partial charge in [0, 0.05) is 49.9 Å². The Morgan fingerprint density at radius 2 is 1.97 bits per heavy atom. The summed E-state index contributed by atoms with van der Waals surface area (Å²) < 4.78 is 0. The van der Waals surface area contributed by atoms with Gasteiger partial charge in [-0.15, -0.1) is 10.9 Å². The lowest BCUT2D eigenvalue weighted by atomic mass is 10.2. The number of amidine groups is 1. The highest BCUT2D eigenvalue weighted by atomic mass is 35.5. The molecule has 184 valence electrons. The fourth-order valence-corrected chi connectivity index (χ4v) is 6.65. The summed E-state index contributed by atoms with van der Waals surface area (Å²) in [6.07, 6.45) is 1.52. The van der Waals surface area contributed by atoms with Crippen LogP contribution in [0.25, 0.3) is 0 Å². The molecule has 1 fully saturated rings. The highest BCUT2D eigenvalue weighted by molar-refractivity contribution is 8.34. The first-order valence-electron chi connectivity index (χ1n) is 10.7. The van der Waals surface area contributed by atoms with Crippen LogP contribution in [0, 0.1) is 13.8 Å². The van der Waals surface area contributed by atoms with Crippen molar-refractivity contribution in [2.45, 2.75) is 18.7 Å². The van der Waals surface area contributed by atoms with Crippen LogP contribution in [0.3, 0.4) is 0 Å². The standard InChI is InChI=1S/C22H28ClN7O2S.H2O/c1-14-4-3-5-16(23)20(14)33-17(21(24)32)13-25-22(33)28-18-12-19(27-15(2)26-18)30-8-6-29(7-9-30)10-11-31;/h3-5,12-13,31,33H,6-11H2,1-2H3,(H2,24,32)(H,25,26,27,28);1H2. The van der Waals surface area contributed by atoms with Crippen molar-refractivity contribution < 1.29 is 15.4 Å². The minimum absolute atomic E-state index is 0. The van der Waals surface area contributed by atoms with Crippen molar-refractivity contribution in [1.29, 1.82) is 0 Å². The number of aliphatic imine (C=N–C) groups is 1. The third kappa shape index (κ3) is 5.50. The summed E-state index contributed by atoms with van der Waals surface area (Å²) in [5.74, 6) is 1.55. The molecule has 1 unspecified atom stereocenters. The average molecular weight is 508 g/mol. The van der Waals surface area contributed by atoms with E-state index in [1.807, 2.05) is 38.1 Å². The summed E-state index contributed by atoms with van der Waals surface area (Å²) in [4.78, 5) is 31.5. The molecule has 0 radical (unpaired) electrons. The number of aryl methyl sites for hydroxylation is 2. The second-order valence-electron chi connectivity index (χ2n) is 7.91. The van der Waals surface area contributed by atoms with Crippen LogP contribution in [0.4, 0.5) is 11.6 Å². The van der Waals surface area contributed by atoms with E-state index in [2.05, 4.69) is 30.1 Å². The molecule has 1 amide bonds. The number of hydrogen-bond acceptors (Lipinski definition) is 8. The molecule has 0 aliphatic carbocycles. The third-order valence-corrected chi connectivity index (χ3v) is 8.56. The number of nitrogens with one attached hydrogen (secondary N) is 1. The second kappa shape index (κ2) is 11.2. The lowest BCUT2D eigenvalue weighted by Gasteiger charge is -2.35. The van der Waals surface area contributed by atoms with Crippen molar-refractivity contribution in [3.05, 3.63) is 51.8 Å². The number of halogens is 1. The van der Waals surface area contributed by atoms with Crippen LogP contribution in [0.5, 0.6) is 0 Å². The van der Waals surface area contributed by atoms with Crippen LogP contribution >= 0.6 is 22.5 Å². The van der Waals surface area contributed by atoms with Gasteiger partial charge in [0.05, 0.1) is 16.5 Å². The number of carbonyl (C=O) groups excluding carboxylic acids is 1. The summed E-state index contributed by atoms with van der Waals surface area (Å²) in [6, 6.07) is 7.54. The van der Waals surface area contributed by atoms with Crippen molar-refractivity contribution in [2.75, 3.05) is 49.5 Å². The van der Waals surface area contributed by atoms with Crippen LogP contribution in [0.15, 0.2) is 45.3 Å². The van der Waals surface area contributed by atoms with E-state index in [1.165, 1.54) is 6.20 Å². The number of amides is 1. The van der Waals surface area contributed by atoms with E-state index < -0.39 is 16.8 Å². The van der Waals surface area contributed by atoms with E-state index >= 15 is 0 Å². The van der Waals surface area contributed by atoms with Crippen LogP contribution < -0.4 is 16.0 Å². The minimum atomic E-state index is -1.33. The normalized spacial score (nSPS) is 19.3. The third-order valence-electron chi connectivity index (χ3n) is 5.60. The largest absolute Gasteiger partial charge is 0.412 e. The average Bonchev–Trinajstić information content (AvgIpc) is 3.17. The summed E-state index contributed by atoms with van der Waals surface area (Å²) in [5, 5.41) is 13.7. The Morgan fingerprint density at radius 1 is 1.24 bits per heavy atom.